The van der Waals surface area contributed by atoms with Crippen LogP contribution < -0.4 is 10.1 Å². The van der Waals surface area contributed by atoms with Crippen molar-refractivity contribution >= 4 is 5.91 Å². The van der Waals surface area contributed by atoms with Gasteiger partial charge >= 0.3 is 0 Å². The Kier molecular flexibility index (Phi) is 4.63. The van der Waals surface area contributed by atoms with Gasteiger partial charge in [-0.15, -0.1) is 0 Å². The minimum atomic E-state index is -0.0479. The molecule has 1 aromatic carbocycles. The van der Waals surface area contributed by atoms with Crippen LogP contribution in [0.1, 0.15) is 12.0 Å². The van der Waals surface area contributed by atoms with E-state index in [1.165, 1.54) is 0 Å². The van der Waals surface area contributed by atoms with Crippen molar-refractivity contribution < 1.29 is 14.6 Å². The van der Waals surface area contributed by atoms with E-state index in [0.29, 0.717) is 18.8 Å². The first-order valence-corrected chi connectivity index (χ1v) is 4.79. The van der Waals surface area contributed by atoms with Gasteiger partial charge in [0.25, 0.3) is 0 Å². The van der Waals surface area contributed by atoms with Gasteiger partial charge in [-0.1, -0.05) is 12.1 Å². The zero-order chi connectivity index (χ0) is 11.1. The van der Waals surface area contributed by atoms with Crippen molar-refractivity contribution in [1.29, 1.82) is 0 Å². The molecule has 0 saturated heterocycles. The van der Waals surface area contributed by atoms with Crippen molar-refractivity contribution in [2.45, 2.75) is 13.0 Å². The Morgan fingerprint density at radius 2 is 2.33 bits per heavy atom. The number of rotatable bonds is 5. The summed E-state index contributed by atoms with van der Waals surface area (Å²) in [5, 5.41) is 11.4. The molecular formula is C11H15NO3. The van der Waals surface area contributed by atoms with Crippen molar-refractivity contribution in [2.24, 2.45) is 0 Å². The average Bonchev–Trinajstić information content (AvgIpc) is 2.29. The second-order valence-corrected chi connectivity index (χ2v) is 3.08. The number of amides is 1. The maximum atomic E-state index is 10.9. The molecule has 0 bridgehead atoms. The summed E-state index contributed by atoms with van der Waals surface area (Å²) in [5.41, 5.74) is 0.799. The Hall–Kier alpha value is -1.55. The summed E-state index contributed by atoms with van der Waals surface area (Å²) in [6.45, 7) is 0.335. The summed E-state index contributed by atoms with van der Waals surface area (Å²) in [7, 11) is 1.59. The van der Waals surface area contributed by atoms with E-state index in [-0.39, 0.29) is 12.5 Å². The van der Waals surface area contributed by atoms with E-state index in [1.807, 2.05) is 6.07 Å². The molecule has 15 heavy (non-hydrogen) atoms. The van der Waals surface area contributed by atoms with Gasteiger partial charge in [0.2, 0.25) is 5.91 Å². The van der Waals surface area contributed by atoms with Crippen LogP contribution in [-0.2, 0) is 11.4 Å². The lowest BCUT2D eigenvalue weighted by Crippen LogP contribution is -2.20. The standard InChI is InChI=1S/C11H15NO3/c1-12-11(14)5-6-15-10-4-2-3-9(7-10)8-13/h2-4,7,13H,5-6,8H2,1H3,(H,12,14). The number of hydrogen-bond donors (Lipinski definition) is 2. The molecule has 0 aliphatic heterocycles. The first-order valence-electron chi connectivity index (χ1n) is 4.79. The highest BCUT2D eigenvalue weighted by atomic mass is 16.5. The van der Waals surface area contributed by atoms with Crippen molar-refractivity contribution in [2.75, 3.05) is 13.7 Å². The molecule has 0 aromatic heterocycles. The van der Waals surface area contributed by atoms with E-state index < -0.39 is 0 Å². The molecule has 0 radical (unpaired) electrons. The van der Waals surface area contributed by atoms with Crippen LogP contribution in [0.25, 0.3) is 0 Å². The second kappa shape index (κ2) is 6.03. The van der Waals surface area contributed by atoms with Crippen LogP contribution in [0, 0.1) is 0 Å². The lowest BCUT2D eigenvalue weighted by Gasteiger charge is -2.06. The molecule has 0 unspecified atom stereocenters. The Bertz CT molecular complexity index is 325. The Morgan fingerprint density at radius 3 is 3.00 bits per heavy atom. The van der Waals surface area contributed by atoms with E-state index in [1.54, 1.807) is 25.2 Å². The maximum Gasteiger partial charge on any atom is 0.223 e. The summed E-state index contributed by atoms with van der Waals surface area (Å²) < 4.78 is 5.35. The predicted octanol–water partition coefficient (Wildman–Crippen LogP) is 0.694. The van der Waals surface area contributed by atoms with Gasteiger partial charge in [-0.25, -0.2) is 0 Å². The fourth-order valence-electron chi connectivity index (χ4n) is 1.12. The fourth-order valence-corrected chi connectivity index (χ4v) is 1.12. The van der Waals surface area contributed by atoms with Gasteiger partial charge in [-0.05, 0) is 17.7 Å². The molecule has 2 N–H and O–H groups in total. The molecule has 4 heteroatoms. The lowest BCUT2D eigenvalue weighted by molar-refractivity contribution is -0.121. The molecule has 0 heterocycles. The highest BCUT2D eigenvalue weighted by Gasteiger charge is 1.99. The minimum absolute atomic E-state index is 0.00730. The normalized spacial score (nSPS) is 9.73. The number of aliphatic hydroxyl groups excluding tert-OH is 1. The quantitative estimate of drug-likeness (QED) is 0.750. The van der Waals surface area contributed by atoms with E-state index in [0.717, 1.165) is 5.56 Å². The van der Waals surface area contributed by atoms with Crippen molar-refractivity contribution in [1.82, 2.24) is 5.32 Å². The molecule has 0 saturated carbocycles. The van der Waals surface area contributed by atoms with Gasteiger partial charge in [0.05, 0.1) is 19.6 Å². The minimum Gasteiger partial charge on any atom is -0.493 e. The number of aliphatic hydroxyl groups is 1. The third-order valence-corrected chi connectivity index (χ3v) is 1.96. The molecule has 0 aliphatic rings. The van der Waals surface area contributed by atoms with E-state index >= 15 is 0 Å². The first kappa shape index (κ1) is 11.5. The molecule has 4 nitrogen and oxygen atoms in total. The Morgan fingerprint density at radius 1 is 1.53 bits per heavy atom. The predicted molar refractivity (Wildman–Crippen MR) is 56.5 cm³/mol. The molecular weight excluding hydrogens is 194 g/mol. The lowest BCUT2D eigenvalue weighted by atomic mass is 10.2. The topological polar surface area (TPSA) is 58.6 Å². The first-order chi connectivity index (χ1) is 7.26. The SMILES string of the molecule is CNC(=O)CCOc1cccc(CO)c1. The molecule has 0 atom stereocenters. The number of carbonyl (C=O) groups excluding carboxylic acids is 1. The zero-order valence-electron chi connectivity index (χ0n) is 8.69. The van der Waals surface area contributed by atoms with Crippen LogP contribution in [0.2, 0.25) is 0 Å². The number of hydrogen-bond acceptors (Lipinski definition) is 3. The summed E-state index contributed by atoms with van der Waals surface area (Å²) in [6.07, 6.45) is 0.333. The highest BCUT2D eigenvalue weighted by Crippen LogP contribution is 2.13. The van der Waals surface area contributed by atoms with Gasteiger partial charge in [0.1, 0.15) is 5.75 Å². The number of benzene rings is 1. The van der Waals surface area contributed by atoms with Crippen molar-refractivity contribution in [3.05, 3.63) is 29.8 Å². The zero-order valence-corrected chi connectivity index (χ0v) is 8.69. The fraction of sp³-hybridized carbons (Fsp3) is 0.364. The monoisotopic (exact) mass is 209 g/mol. The molecule has 0 aliphatic carbocycles. The third kappa shape index (κ3) is 3.99. The van der Waals surface area contributed by atoms with Crippen LogP contribution in [-0.4, -0.2) is 24.7 Å². The van der Waals surface area contributed by atoms with Gasteiger partial charge in [0, 0.05) is 7.05 Å². The number of ether oxygens (including phenoxy) is 1. The summed E-state index contributed by atoms with van der Waals surface area (Å²) in [4.78, 5) is 10.9. The molecule has 0 spiro atoms. The Balaban J connectivity index is 2.40. The van der Waals surface area contributed by atoms with Crippen LogP contribution in [0.15, 0.2) is 24.3 Å². The van der Waals surface area contributed by atoms with Crippen LogP contribution in [0.5, 0.6) is 5.75 Å². The van der Waals surface area contributed by atoms with Gasteiger partial charge < -0.3 is 15.2 Å². The van der Waals surface area contributed by atoms with Crippen LogP contribution in [0.4, 0.5) is 0 Å². The third-order valence-electron chi connectivity index (χ3n) is 1.96. The molecule has 1 aromatic rings. The van der Waals surface area contributed by atoms with Gasteiger partial charge in [0.15, 0.2) is 0 Å². The van der Waals surface area contributed by atoms with E-state index in [9.17, 15) is 4.79 Å². The smallest absolute Gasteiger partial charge is 0.223 e. The van der Waals surface area contributed by atoms with E-state index in [4.69, 9.17) is 9.84 Å². The molecule has 1 rings (SSSR count). The molecule has 82 valence electrons. The Labute approximate surface area is 88.9 Å². The molecule has 1 amide bonds. The van der Waals surface area contributed by atoms with Crippen LogP contribution >= 0.6 is 0 Å². The van der Waals surface area contributed by atoms with Crippen molar-refractivity contribution in [3.8, 4) is 5.75 Å². The summed E-state index contributed by atoms with van der Waals surface area (Å²) in [6, 6.07) is 7.17. The van der Waals surface area contributed by atoms with Crippen LogP contribution in [0.3, 0.4) is 0 Å². The van der Waals surface area contributed by atoms with Gasteiger partial charge in [-0.2, -0.15) is 0 Å². The number of carbonyl (C=O) groups is 1. The number of nitrogens with one attached hydrogen (secondary N) is 1. The van der Waals surface area contributed by atoms with Gasteiger partial charge in [-0.3, -0.25) is 4.79 Å². The molecule has 0 fully saturated rings. The van der Waals surface area contributed by atoms with Crippen molar-refractivity contribution in [3.63, 3.8) is 0 Å². The summed E-state index contributed by atoms with van der Waals surface area (Å²) >= 11 is 0. The second-order valence-electron chi connectivity index (χ2n) is 3.08. The maximum absolute atomic E-state index is 10.9. The average molecular weight is 209 g/mol. The largest absolute Gasteiger partial charge is 0.493 e. The highest BCUT2D eigenvalue weighted by molar-refractivity contribution is 5.75. The summed E-state index contributed by atoms with van der Waals surface area (Å²) in [5.74, 6) is 0.624. The van der Waals surface area contributed by atoms with E-state index in [2.05, 4.69) is 5.32 Å².